The van der Waals surface area contributed by atoms with Gasteiger partial charge in [0.1, 0.15) is 5.65 Å². The van der Waals surface area contributed by atoms with Crippen molar-refractivity contribution >= 4 is 33.0 Å². The Bertz CT molecular complexity index is 1260. The van der Waals surface area contributed by atoms with E-state index in [1.54, 1.807) is 0 Å². The van der Waals surface area contributed by atoms with Crippen LogP contribution in [-0.2, 0) is 18.4 Å². The van der Waals surface area contributed by atoms with Gasteiger partial charge in [0.05, 0.1) is 5.69 Å². The molecule has 232 valence electrons. The summed E-state index contributed by atoms with van der Waals surface area (Å²) >= 11 is 3.51. The van der Waals surface area contributed by atoms with E-state index in [9.17, 15) is 0 Å². The molecule has 6 rings (SSSR count). The highest BCUT2D eigenvalue weighted by Crippen LogP contribution is 2.35. The fraction of sp³-hybridized carbons (Fsp3) is 0.632. The molecule has 0 bridgehead atoms. The lowest BCUT2D eigenvalue weighted by atomic mass is 9.86. The summed E-state index contributed by atoms with van der Waals surface area (Å²) in [4.78, 5) is 9.01. The second kappa shape index (κ2) is 15.7. The molecule has 3 nitrogen and oxygen atoms in total. The molecule has 0 aliphatic heterocycles. The number of pyridine rings is 2. The minimum atomic E-state index is 0. The fourth-order valence-corrected chi connectivity index (χ4v) is 7.14. The van der Waals surface area contributed by atoms with Gasteiger partial charge in [-0.15, -0.1) is 0 Å². The van der Waals surface area contributed by atoms with E-state index in [1.165, 1.54) is 103 Å². The fourth-order valence-electron chi connectivity index (χ4n) is 6.49. The van der Waals surface area contributed by atoms with E-state index in [1.807, 2.05) is 24.5 Å². The first kappa shape index (κ1) is 34.5. The summed E-state index contributed by atoms with van der Waals surface area (Å²) in [7, 11) is 0. The van der Waals surface area contributed by atoms with Crippen LogP contribution < -0.4 is 0 Å². The molecule has 3 heterocycles. The SMILES string of the molecule is BrCC1CCCCC1.C.CC(C)(C)C1=Cc2cccnc2C1.CC(C)(C)c1cc2cccnc2n1CC1CCCCC1. The first-order chi connectivity index (χ1) is 19.6. The second-order valence-corrected chi connectivity index (χ2v) is 15.3. The summed E-state index contributed by atoms with van der Waals surface area (Å²) in [5.41, 5.74) is 7.07. The maximum Gasteiger partial charge on any atom is 0.140 e. The number of allylic oxidation sites excluding steroid dienone is 1. The van der Waals surface area contributed by atoms with E-state index in [0.717, 1.165) is 24.8 Å². The number of alkyl halides is 1. The van der Waals surface area contributed by atoms with Crippen molar-refractivity contribution in [3.8, 4) is 0 Å². The summed E-state index contributed by atoms with van der Waals surface area (Å²) in [5, 5.41) is 2.51. The monoisotopic (exact) mass is 635 g/mol. The third-order valence-electron chi connectivity index (χ3n) is 9.11. The van der Waals surface area contributed by atoms with Crippen LogP contribution in [0.5, 0.6) is 0 Å². The van der Waals surface area contributed by atoms with Gasteiger partial charge in [0.15, 0.2) is 0 Å². The molecule has 2 saturated carbocycles. The highest BCUT2D eigenvalue weighted by Gasteiger charge is 2.24. The Hall–Kier alpha value is -1.94. The van der Waals surface area contributed by atoms with Crippen molar-refractivity contribution in [2.24, 2.45) is 17.3 Å². The molecular formula is C38H58BrN3. The molecule has 3 aliphatic rings. The Labute approximate surface area is 266 Å². The summed E-state index contributed by atoms with van der Waals surface area (Å²) in [6.07, 6.45) is 21.4. The first-order valence-corrected chi connectivity index (χ1v) is 17.3. The third-order valence-corrected chi connectivity index (χ3v) is 10.0. The average Bonchev–Trinajstić information content (AvgIpc) is 3.57. The molecule has 0 aromatic carbocycles. The number of fused-ring (bicyclic) bond motifs is 2. The number of halogens is 1. The second-order valence-electron chi connectivity index (χ2n) is 14.6. The van der Waals surface area contributed by atoms with Gasteiger partial charge in [-0.2, -0.15) is 0 Å². The van der Waals surface area contributed by atoms with Gasteiger partial charge in [-0.05, 0) is 72.8 Å². The molecule has 0 spiro atoms. The van der Waals surface area contributed by atoms with Gasteiger partial charge in [0, 0.05) is 47.2 Å². The lowest BCUT2D eigenvalue weighted by Crippen LogP contribution is -2.22. The summed E-state index contributed by atoms with van der Waals surface area (Å²) in [5.74, 6) is 1.84. The van der Waals surface area contributed by atoms with E-state index >= 15 is 0 Å². The lowest BCUT2D eigenvalue weighted by Gasteiger charge is -2.27. The maximum atomic E-state index is 4.64. The van der Waals surface area contributed by atoms with Crippen LogP contribution in [0.2, 0.25) is 0 Å². The predicted octanol–water partition coefficient (Wildman–Crippen LogP) is 11.6. The van der Waals surface area contributed by atoms with Gasteiger partial charge in [-0.1, -0.05) is 121 Å². The zero-order valence-corrected chi connectivity index (χ0v) is 28.3. The topological polar surface area (TPSA) is 30.7 Å². The van der Waals surface area contributed by atoms with E-state index < -0.39 is 0 Å². The minimum absolute atomic E-state index is 0. The number of rotatable bonds is 3. The van der Waals surface area contributed by atoms with Gasteiger partial charge in [0.25, 0.3) is 0 Å². The zero-order valence-electron chi connectivity index (χ0n) is 26.7. The normalized spacial score (nSPS) is 17.7. The number of nitrogens with zero attached hydrogens (tertiary/aromatic N) is 3. The molecule has 0 radical (unpaired) electrons. The van der Waals surface area contributed by atoms with Crippen molar-refractivity contribution in [2.75, 3.05) is 5.33 Å². The highest BCUT2D eigenvalue weighted by atomic mass is 79.9. The van der Waals surface area contributed by atoms with Crippen LogP contribution >= 0.6 is 15.9 Å². The number of aromatic nitrogens is 3. The maximum absolute atomic E-state index is 4.64. The van der Waals surface area contributed by atoms with Crippen molar-refractivity contribution in [1.29, 1.82) is 0 Å². The molecule has 2 fully saturated rings. The predicted molar refractivity (Wildman–Crippen MR) is 187 cm³/mol. The quantitative estimate of drug-likeness (QED) is 0.268. The standard InChI is InChI=1S/C18H26N2.C12H15N.C7H13Br.CH4/c1-18(2,3)16-12-15-10-7-11-19-17(15)20(16)13-14-8-5-4-6-9-14;1-12(2,3)10-7-9-5-4-6-13-11(9)8-10;8-6-7-4-2-1-3-5-7;/h7,10-12,14H,4-6,8-9,13H2,1-3H3;4-7H,8H2,1-3H3;7H,1-6H2;1H4. The molecule has 42 heavy (non-hydrogen) atoms. The first-order valence-electron chi connectivity index (χ1n) is 16.2. The van der Waals surface area contributed by atoms with Crippen molar-refractivity contribution in [1.82, 2.24) is 14.5 Å². The summed E-state index contributed by atoms with van der Waals surface area (Å²) < 4.78 is 2.49. The van der Waals surface area contributed by atoms with Crippen LogP contribution in [0.4, 0.5) is 0 Å². The third kappa shape index (κ3) is 9.53. The van der Waals surface area contributed by atoms with Gasteiger partial charge < -0.3 is 4.57 Å². The Morgan fingerprint density at radius 1 is 0.786 bits per heavy atom. The van der Waals surface area contributed by atoms with Gasteiger partial charge in [-0.25, -0.2) is 4.98 Å². The highest BCUT2D eigenvalue weighted by molar-refractivity contribution is 9.09. The van der Waals surface area contributed by atoms with E-state index in [0.29, 0.717) is 0 Å². The Kier molecular flexibility index (Phi) is 12.9. The zero-order chi connectivity index (χ0) is 29.5. The average molecular weight is 637 g/mol. The molecular weight excluding hydrogens is 578 g/mol. The smallest absolute Gasteiger partial charge is 0.140 e. The van der Waals surface area contributed by atoms with Gasteiger partial charge in [0.2, 0.25) is 0 Å². The molecule has 3 aromatic heterocycles. The Morgan fingerprint density at radius 2 is 1.38 bits per heavy atom. The molecule has 0 atom stereocenters. The van der Waals surface area contributed by atoms with Crippen LogP contribution in [0, 0.1) is 17.3 Å². The summed E-state index contributed by atoms with van der Waals surface area (Å²) in [6, 6.07) is 10.7. The van der Waals surface area contributed by atoms with Crippen molar-refractivity contribution in [3.63, 3.8) is 0 Å². The minimum Gasteiger partial charge on any atom is -0.329 e. The molecule has 3 aliphatic carbocycles. The van der Waals surface area contributed by atoms with Crippen LogP contribution in [0.1, 0.15) is 130 Å². The van der Waals surface area contributed by atoms with Crippen LogP contribution in [0.3, 0.4) is 0 Å². The Balaban J connectivity index is 0.000000189. The number of hydrogen-bond donors (Lipinski definition) is 0. The van der Waals surface area contributed by atoms with Crippen molar-refractivity contribution < 1.29 is 0 Å². The van der Waals surface area contributed by atoms with Gasteiger partial charge >= 0.3 is 0 Å². The van der Waals surface area contributed by atoms with Crippen LogP contribution in [-0.4, -0.2) is 19.9 Å². The molecule has 3 aromatic rings. The van der Waals surface area contributed by atoms with Crippen LogP contribution in [0.25, 0.3) is 17.1 Å². The molecule has 0 unspecified atom stereocenters. The summed E-state index contributed by atoms with van der Waals surface area (Å²) in [6.45, 7) is 14.8. The largest absolute Gasteiger partial charge is 0.329 e. The van der Waals surface area contributed by atoms with E-state index in [-0.39, 0.29) is 18.3 Å². The molecule has 0 N–H and O–H groups in total. The van der Waals surface area contributed by atoms with E-state index in [4.69, 9.17) is 0 Å². The molecule has 0 saturated heterocycles. The Morgan fingerprint density at radius 3 is 1.93 bits per heavy atom. The molecule has 0 amide bonds. The number of hydrogen-bond acceptors (Lipinski definition) is 2. The van der Waals surface area contributed by atoms with Crippen LogP contribution in [0.15, 0.2) is 48.3 Å². The van der Waals surface area contributed by atoms with Crippen molar-refractivity contribution in [2.45, 2.75) is 132 Å². The van der Waals surface area contributed by atoms with Gasteiger partial charge in [-0.3, -0.25) is 4.98 Å². The van der Waals surface area contributed by atoms with E-state index in [2.05, 4.69) is 96.3 Å². The lowest BCUT2D eigenvalue weighted by molar-refractivity contribution is 0.314. The molecule has 4 heteroatoms. The van der Waals surface area contributed by atoms with Crippen molar-refractivity contribution in [3.05, 3.63) is 65.2 Å².